The van der Waals surface area contributed by atoms with Crippen LogP contribution in [0.3, 0.4) is 0 Å². The van der Waals surface area contributed by atoms with Gasteiger partial charge in [-0.05, 0) is 58.6 Å². The first kappa shape index (κ1) is 23.5. The molecule has 3 heterocycles. The highest BCUT2D eigenvalue weighted by molar-refractivity contribution is 7.89. The molecule has 0 radical (unpaired) electrons. The van der Waals surface area contributed by atoms with E-state index in [0.29, 0.717) is 24.2 Å². The Morgan fingerprint density at radius 3 is 2.45 bits per heavy atom. The molecule has 0 aliphatic carbocycles. The van der Waals surface area contributed by atoms with E-state index in [1.165, 1.54) is 9.87 Å². The minimum Gasteiger partial charge on any atom is -0.462 e. The van der Waals surface area contributed by atoms with Crippen LogP contribution in [0.1, 0.15) is 54.0 Å². The smallest absolute Gasteiger partial charge is 0.341 e. The number of anilines is 1. The van der Waals surface area contributed by atoms with Gasteiger partial charge in [0.05, 0.1) is 6.61 Å². The maximum atomic E-state index is 13.5. The molecule has 1 atom stereocenters. The van der Waals surface area contributed by atoms with E-state index < -0.39 is 16.0 Å². The summed E-state index contributed by atoms with van der Waals surface area (Å²) < 4.78 is 33.5. The number of ether oxygens (including phenoxy) is 1. The fourth-order valence-electron chi connectivity index (χ4n) is 5.10. The molecule has 9 heteroatoms. The van der Waals surface area contributed by atoms with Crippen molar-refractivity contribution in [1.82, 2.24) is 9.29 Å². The van der Waals surface area contributed by atoms with E-state index in [1.54, 1.807) is 20.8 Å². The van der Waals surface area contributed by atoms with E-state index in [-0.39, 0.29) is 48.0 Å². The highest BCUT2D eigenvalue weighted by atomic mass is 32.2. The molecule has 1 saturated heterocycles. The van der Waals surface area contributed by atoms with Crippen LogP contribution in [0.4, 0.5) is 5.69 Å². The Balaban J connectivity index is 1.52. The molecule has 0 saturated carbocycles. The van der Waals surface area contributed by atoms with E-state index in [4.69, 9.17) is 4.74 Å². The number of aryl methyl sites for hydroxylation is 2. The van der Waals surface area contributed by atoms with Gasteiger partial charge in [0, 0.05) is 42.1 Å². The summed E-state index contributed by atoms with van der Waals surface area (Å²) in [4.78, 5) is 30.7. The van der Waals surface area contributed by atoms with Crippen LogP contribution in [-0.4, -0.2) is 55.3 Å². The summed E-state index contributed by atoms with van der Waals surface area (Å²) in [6, 6.07) is 8.04. The van der Waals surface area contributed by atoms with E-state index in [0.717, 1.165) is 12.1 Å². The van der Waals surface area contributed by atoms with Crippen molar-refractivity contribution in [2.45, 2.75) is 57.9 Å². The second-order valence-electron chi connectivity index (χ2n) is 8.87. The largest absolute Gasteiger partial charge is 0.462 e. The van der Waals surface area contributed by atoms with Gasteiger partial charge in [-0.15, -0.1) is 0 Å². The summed E-state index contributed by atoms with van der Waals surface area (Å²) in [6.45, 7) is 7.66. The number of esters is 1. The van der Waals surface area contributed by atoms with E-state index in [1.807, 2.05) is 30.0 Å². The van der Waals surface area contributed by atoms with Crippen molar-refractivity contribution in [2.24, 2.45) is 5.92 Å². The molecular formula is C24H31N3O5S. The SMILES string of the molecule is CCOC(=O)c1c(C)[nH]c(C)c1S(=O)(=O)N1CCC(C(=O)N2c3ccccc3C[C@H]2C)CC1. The average molecular weight is 474 g/mol. The van der Waals surface area contributed by atoms with Crippen LogP contribution < -0.4 is 4.90 Å². The number of hydrogen-bond donors (Lipinski definition) is 1. The molecule has 1 aromatic heterocycles. The number of benzene rings is 1. The normalized spacial score (nSPS) is 19.5. The zero-order valence-electron chi connectivity index (χ0n) is 19.6. The minimum atomic E-state index is -3.92. The lowest BCUT2D eigenvalue weighted by Crippen LogP contribution is -2.46. The molecule has 0 unspecified atom stereocenters. The highest BCUT2D eigenvalue weighted by Crippen LogP contribution is 2.36. The molecule has 4 rings (SSSR count). The van der Waals surface area contributed by atoms with Gasteiger partial charge in [-0.1, -0.05) is 18.2 Å². The summed E-state index contributed by atoms with van der Waals surface area (Å²) in [7, 11) is -3.92. The Hall–Kier alpha value is -2.65. The number of sulfonamides is 1. The summed E-state index contributed by atoms with van der Waals surface area (Å²) in [5.41, 5.74) is 3.08. The van der Waals surface area contributed by atoms with Gasteiger partial charge in [0.2, 0.25) is 15.9 Å². The average Bonchev–Trinajstić information content (AvgIpc) is 3.28. The minimum absolute atomic E-state index is 0.0229. The molecule has 2 aromatic rings. The van der Waals surface area contributed by atoms with Gasteiger partial charge in [-0.2, -0.15) is 4.31 Å². The van der Waals surface area contributed by atoms with Gasteiger partial charge >= 0.3 is 5.97 Å². The summed E-state index contributed by atoms with van der Waals surface area (Å²) in [5.74, 6) is -0.821. The van der Waals surface area contributed by atoms with E-state index in [9.17, 15) is 18.0 Å². The van der Waals surface area contributed by atoms with Gasteiger partial charge in [0.25, 0.3) is 0 Å². The number of carbonyl (C=O) groups is 2. The molecule has 8 nitrogen and oxygen atoms in total. The number of fused-ring (bicyclic) bond motifs is 1. The third-order valence-electron chi connectivity index (χ3n) is 6.64. The first-order valence-corrected chi connectivity index (χ1v) is 12.9. The number of nitrogens with one attached hydrogen (secondary N) is 1. The van der Waals surface area contributed by atoms with Gasteiger partial charge in [-0.25, -0.2) is 13.2 Å². The van der Waals surface area contributed by atoms with Crippen LogP contribution in [0.15, 0.2) is 29.2 Å². The van der Waals surface area contributed by atoms with Crippen molar-refractivity contribution in [3.8, 4) is 0 Å². The zero-order chi connectivity index (χ0) is 23.9. The summed E-state index contributed by atoms with van der Waals surface area (Å²) >= 11 is 0. The number of aromatic nitrogens is 1. The molecule has 2 aliphatic heterocycles. The molecule has 1 fully saturated rings. The maximum Gasteiger partial charge on any atom is 0.341 e. The third-order valence-corrected chi connectivity index (χ3v) is 8.71. The number of aromatic amines is 1. The van der Waals surface area contributed by atoms with Gasteiger partial charge in [-0.3, -0.25) is 4.79 Å². The van der Waals surface area contributed by atoms with Crippen molar-refractivity contribution in [3.63, 3.8) is 0 Å². The van der Waals surface area contributed by atoms with Gasteiger partial charge < -0.3 is 14.6 Å². The second-order valence-corrected chi connectivity index (χ2v) is 10.7. The zero-order valence-corrected chi connectivity index (χ0v) is 20.4. The third kappa shape index (κ3) is 4.08. The number of hydrogen-bond acceptors (Lipinski definition) is 5. The van der Waals surface area contributed by atoms with Crippen LogP contribution in [0.2, 0.25) is 0 Å². The van der Waals surface area contributed by atoms with Gasteiger partial charge in [0.1, 0.15) is 10.5 Å². The molecule has 178 valence electrons. The topological polar surface area (TPSA) is 99.8 Å². The Kier molecular flexibility index (Phi) is 6.37. The number of H-pyrrole nitrogens is 1. The molecule has 0 spiro atoms. The fourth-order valence-corrected chi connectivity index (χ4v) is 6.98. The molecule has 2 aliphatic rings. The Morgan fingerprint density at radius 1 is 1.12 bits per heavy atom. The molecular weight excluding hydrogens is 442 g/mol. The van der Waals surface area contributed by atoms with E-state index in [2.05, 4.69) is 11.1 Å². The number of carbonyl (C=O) groups excluding carboxylic acids is 2. The van der Waals surface area contributed by atoms with Crippen molar-refractivity contribution < 1.29 is 22.7 Å². The summed E-state index contributed by atoms with van der Waals surface area (Å²) in [6.07, 6.45) is 1.72. The highest BCUT2D eigenvalue weighted by Gasteiger charge is 2.40. The predicted octanol–water partition coefficient (Wildman–Crippen LogP) is 3.19. The monoisotopic (exact) mass is 473 g/mol. The predicted molar refractivity (Wildman–Crippen MR) is 125 cm³/mol. The van der Waals surface area contributed by atoms with Crippen LogP contribution in [0.5, 0.6) is 0 Å². The van der Waals surface area contributed by atoms with E-state index >= 15 is 0 Å². The second kappa shape index (κ2) is 8.95. The van der Waals surface area contributed by atoms with Gasteiger partial charge in [0.15, 0.2) is 0 Å². The molecule has 1 amide bonds. The Morgan fingerprint density at radius 2 is 1.79 bits per heavy atom. The number of piperidine rings is 1. The van der Waals surface area contributed by atoms with Crippen LogP contribution in [-0.2, 0) is 26.0 Å². The molecule has 0 bridgehead atoms. The number of rotatable bonds is 5. The molecule has 33 heavy (non-hydrogen) atoms. The van der Waals surface area contributed by atoms with Crippen LogP contribution in [0.25, 0.3) is 0 Å². The maximum absolute atomic E-state index is 13.5. The Labute approximate surface area is 195 Å². The lowest BCUT2D eigenvalue weighted by Gasteiger charge is -2.34. The van der Waals surface area contributed by atoms with Crippen LogP contribution >= 0.6 is 0 Å². The lowest BCUT2D eigenvalue weighted by atomic mass is 9.96. The van der Waals surface area contributed by atoms with Crippen molar-refractivity contribution in [3.05, 3.63) is 46.8 Å². The number of para-hydroxylation sites is 1. The lowest BCUT2D eigenvalue weighted by molar-refractivity contribution is -0.123. The van der Waals surface area contributed by atoms with Crippen molar-refractivity contribution in [2.75, 3.05) is 24.6 Å². The summed E-state index contributed by atoms with van der Waals surface area (Å²) in [5, 5.41) is 0. The first-order valence-electron chi connectivity index (χ1n) is 11.4. The van der Waals surface area contributed by atoms with Crippen molar-refractivity contribution in [1.29, 1.82) is 0 Å². The number of amides is 1. The Bertz CT molecular complexity index is 1180. The molecule has 1 aromatic carbocycles. The number of nitrogens with zero attached hydrogens (tertiary/aromatic N) is 2. The fraction of sp³-hybridized carbons (Fsp3) is 0.500. The first-order chi connectivity index (χ1) is 15.7. The molecule has 1 N–H and O–H groups in total. The van der Waals surface area contributed by atoms with Crippen molar-refractivity contribution >= 4 is 27.6 Å². The van der Waals surface area contributed by atoms with Crippen LogP contribution in [0, 0.1) is 19.8 Å². The standard InChI is InChI=1S/C24H31N3O5S/c1-5-32-24(29)21-16(3)25-17(4)22(21)33(30,31)26-12-10-18(11-13-26)23(28)27-15(2)14-19-8-6-7-9-20(19)27/h6-9,15,18,25H,5,10-14H2,1-4H3/t15-/m1/s1. The quantitative estimate of drug-likeness (QED) is 0.673.